The van der Waals surface area contributed by atoms with Gasteiger partial charge in [0.25, 0.3) is 22.2 Å². The Bertz CT molecular complexity index is 3820. The van der Waals surface area contributed by atoms with Crippen LogP contribution in [0.3, 0.4) is 0 Å². The molecule has 7 aliphatic rings. The van der Waals surface area contributed by atoms with Crippen LogP contribution >= 0.6 is 63.7 Å². The fourth-order valence-corrected chi connectivity index (χ4v) is 13.5. The Morgan fingerprint density at radius 3 is 1.22 bits per heavy atom. The number of rotatable bonds is 21. The zero-order valence-electron chi connectivity index (χ0n) is 53.2. The lowest BCUT2D eigenvalue weighted by Gasteiger charge is -2.31. The van der Waals surface area contributed by atoms with Gasteiger partial charge in [0.1, 0.15) is 53.0 Å². The van der Waals surface area contributed by atoms with Crippen molar-refractivity contribution in [1.82, 2.24) is 19.3 Å². The fraction of sp³-hybridized carbons (Fsp3) is 0.377. The summed E-state index contributed by atoms with van der Waals surface area (Å²) in [5.41, 5.74) is 10.8. The second-order valence-corrected chi connectivity index (χ2v) is 26.8. The molecule has 3 saturated heterocycles. The number of hydrogen-bond donors (Lipinski definition) is 1. The second-order valence-electron chi connectivity index (χ2n) is 23.4. The van der Waals surface area contributed by atoms with Gasteiger partial charge >= 0.3 is 11.9 Å². The second kappa shape index (κ2) is 35.7. The van der Waals surface area contributed by atoms with Crippen molar-refractivity contribution in [3.05, 3.63) is 145 Å². The van der Waals surface area contributed by atoms with Gasteiger partial charge in [-0.25, -0.2) is 9.59 Å². The van der Waals surface area contributed by atoms with E-state index in [0.717, 1.165) is 172 Å². The Morgan fingerprint density at radius 2 is 0.874 bits per heavy atom. The van der Waals surface area contributed by atoms with Crippen LogP contribution in [-0.2, 0) is 68.7 Å². The molecular weight excluding hydrogens is 1470 g/mol. The summed E-state index contributed by atoms with van der Waals surface area (Å²) in [5, 5.41) is 27.5. The van der Waals surface area contributed by atoms with Crippen LogP contribution in [0, 0.1) is 22.7 Å². The summed E-state index contributed by atoms with van der Waals surface area (Å²) < 4.78 is 31.8. The van der Waals surface area contributed by atoms with Gasteiger partial charge in [-0.05, 0) is 273 Å². The van der Waals surface area contributed by atoms with E-state index >= 15 is 0 Å². The van der Waals surface area contributed by atoms with E-state index in [1.165, 1.54) is 0 Å². The van der Waals surface area contributed by atoms with Crippen LogP contribution in [-0.4, -0.2) is 174 Å². The first-order chi connectivity index (χ1) is 45.7. The van der Waals surface area contributed by atoms with Crippen LogP contribution in [0.2, 0.25) is 0 Å². The lowest BCUT2D eigenvalue weighted by atomic mass is 9.90. The number of fused-ring (bicyclic) bond motifs is 4. The first-order valence-corrected chi connectivity index (χ1v) is 34.4. The molecule has 11 rings (SSSR count). The Kier molecular flexibility index (Phi) is 27.7. The molecule has 4 aromatic rings. The molecule has 0 spiro atoms. The topological polar surface area (TPSA) is 246 Å². The third-order valence-corrected chi connectivity index (χ3v) is 19.0. The van der Waals surface area contributed by atoms with Crippen LogP contribution < -0.4 is 14.2 Å². The fourth-order valence-electron chi connectivity index (χ4n) is 11.7. The monoisotopic (exact) mass is 1540 g/mol. The number of esters is 2. The number of benzene rings is 4. The van der Waals surface area contributed by atoms with Crippen molar-refractivity contribution < 1.29 is 62.4 Å². The number of piperidine rings is 3. The summed E-state index contributed by atoms with van der Waals surface area (Å²) in [6.45, 7) is 9.17. The number of nitrogens with zero attached hydrogens (tertiary/aromatic N) is 6. The molecule has 0 saturated carbocycles. The number of Topliss-reactive ketones (excluding diaryl/α,β-unsaturated/α-hetero) is 2. The lowest BCUT2D eigenvalue weighted by Crippen LogP contribution is -2.40. The SMILES string of the molecule is CCOC(=O)C1=Cc2cc(O)c(Br)cc2C1.CCOC(=O)C1=Cc2cc(OC3CCN([B]C=O)CC3)c(Br)cc2C1.CN(C)/C=C(\C#N)C(=O)C1=Cc2cc(OC3CCN([B]C=O)CC3)c(Br)cc2C1.N#CCC(=O)C1=Cc2cc(OC3CCN([B]C=O)CC3)c(Br)cc2C1. The molecule has 4 aliphatic carbocycles. The summed E-state index contributed by atoms with van der Waals surface area (Å²) >= 11 is 14.0. The molecule has 3 aliphatic heterocycles. The molecular formula is C69H70B3Br4N6O13. The van der Waals surface area contributed by atoms with Crippen molar-refractivity contribution >= 4 is 152 Å². The number of nitriles is 2. The van der Waals surface area contributed by atoms with E-state index in [1.54, 1.807) is 73.4 Å². The van der Waals surface area contributed by atoms with Gasteiger partial charge in [0.15, 0.2) is 5.78 Å². The Hall–Kier alpha value is -7.16. The molecule has 4 aromatic carbocycles. The third-order valence-electron chi connectivity index (χ3n) is 16.5. The molecule has 26 heteroatoms. The molecule has 0 amide bonds. The van der Waals surface area contributed by atoms with Gasteiger partial charge in [-0.3, -0.25) is 9.59 Å². The lowest BCUT2D eigenvalue weighted by molar-refractivity contribution is -0.139. The van der Waals surface area contributed by atoms with E-state index in [-0.39, 0.29) is 59.6 Å². The van der Waals surface area contributed by atoms with Crippen LogP contribution in [0.15, 0.2) is 100 Å². The van der Waals surface area contributed by atoms with Gasteiger partial charge in [0.2, 0.25) is 5.78 Å². The Labute approximate surface area is 589 Å². The maximum Gasteiger partial charge on any atom is 0.334 e. The van der Waals surface area contributed by atoms with Crippen LogP contribution in [0.4, 0.5) is 0 Å². The molecule has 3 fully saturated rings. The number of ether oxygens (including phenoxy) is 5. The van der Waals surface area contributed by atoms with Crippen LogP contribution in [0.5, 0.6) is 23.0 Å². The van der Waals surface area contributed by atoms with E-state index < -0.39 is 0 Å². The quantitative estimate of drug-likeness (QED) is 0.0268. The zero-order valence-corrected chi connectivity index (χ0v) is 59.5. The smallest absolute Gasteiger partial charge is 0.334 e. The summed E-state index contributed by atoms with van der Waals surface area (Å²) in [6.07, 6.45) is 18.9. The number of carbonyl (C=O) groups excluding carboxylic acids is 7. The first-order valence-electron chi connectivity index (χ1n) is 31.2. The minimum atomic E-state index is -0.283. The highest BCUT2D eigenvalue weighted by Gasteiger charge is 2.30. The number of ketones is 2. The average molecular weight is 1540 g/mol. The van der Waals surface area contributed by atoms with Gasteiger partial charge in [0, 0.05) is 68.3 Å². The molecule has 3 radical (unpaired) electrons. The number of phenols is 1. The van der Waals surface area contributed by atoms with E-state index in [9.17, 15) is 43.9 Å². The number of carbonyl (C=O) groups is 7. The van der Waals surface area contributed by atoms with Crippen molar-refractivity contribution in [2.75, 3.05) is 66.6 Å². The van der Waals surface area contributed by atoms with E-state index in [1.807, 2.05) is 87.3 Å². The molecule has 0 unspecified atom stereocenters. The molecule has 1 N–H and O–H groups in total. The first kappa shape index (κ1) is 73.7. The van der Waals surface area contributed by atoms with Crippen molar-refractivity contribution in [1.29, 1.82) is 10.5 Å². The largest absolute Gasteiger partial charge is 0.507 e. The standard InChI is InChI=1S/C21H22BBrN3O3.C18H17BBrN2O3.C18H20BBrNO4.C12H11BrO3/c1-25(2)12-17(11-24)21(28)16-7-14-9-19(23)20(10-15(14)8-16)29-18-3-5-26(6-4-18)22-13-27;20-16-9-12-7-14(17(24)1-4-21)8-13(12)10-18(16)25-15-2-5-22(6-3-15)19-11-23;1-2-24-18(23)14-7-12-9-16(20)17(10-13(12)8-14)25-15-3-5-21(6-4-15)19-11-22;1-2-16-12(15)9-3-7-5-10(13)11(14)6-8(7)4-9/h8-10,12-13,18H,3-7H2,1-2H3;8-11,15H,1-3,5-7H2;8-11,15H,2-7H2,1H3;4-6,14H,2-3H2,1H3/b17-12+;;;. The molecule has 491 valence electrons. The van der Waals surface area contributed by atoms with Gasteiger partial charge in [-0.1, -0.05) is 0 Å². The number of phenolic OH excluding ortho intramolecular Hbond substituents is 1. The number of hydrogen-bond acceptors (Lipinski definition) is 19. The normalized spacial score (nSPS) is 16.7. The summed E-state index contributed by atoms with van der Waals surface area (Å²) in [6, 6.07) is 19.2. The Morgan fingerprint density at radius 1 is 0.537 bits per heavy atom. The van der Waals surface area contributed by atoms with Crippen LogP contribution in [0.1, 0.15) is 103 Å². The van der Waals surface area contributed by atoms with Crippen LogP contribution in [0.25, 0.3) is 24.3 Å². The predicted octanol–water partition coefficient (Wildman–Crippen LogP) is 10.4. The summed E-state index contributed by atoms with van der Waals surface area (Å²) in [7, 11) is 8.30. The maximum atomic E-state index is 12.7. The minimum Gasteiger partial charge on any atom is -0.507 e. The van der Waals surface area contributed by atoms with Crippen molar-refractivity contribution in [3.8, 4) is 35.1 Å². The molecule has 95 heavy (non-hydrogen) atoms. The maximum absolute atomic E-state index is 12.7. The summed E-state index contributed by atoms with van der Waals surface area (Å²) in [4.78, 5) is 87.4. The highest BCUT2D eigenvalue weighted by Crippen LogP contribution is 2.40. The molecule has 19 nitrogen and oxygen atoms in total. The molecule has 0 aromatic heterocycles. The molecule has 0 atom stereocenters. The number of aromatic hydroxyl groups is 1. The minimum absolute atomic E-state index is 0.0826. The highest BCUT2D eigenvalue weighted by molar-refractivity contribution is 9.11. The summed E-state index contributed by atoms with van der Waals surface area (Å²) in [5.74, 6) is 1.59. The molecule has 3 heterocycles. The Balaban J connectivity index is 0.000000165. The van der Waals surface area contributed by atoms with E-state index in [0.29, 0.717) is 65.7 Å². The van der Waals surface area contributed by atoms with Crippen molar-refractivity contribution in [2.24, 2.45) is 0 Å². The van der Waals surface area contributed by atoms with Crippen molar-refractivity contribution in [2.45, 2.75) is 103 Å². The van der Waals surface area contributed by atoms with Gasteiger partial charge in [0.05, 0.1) is 62.2 Å². The van der Waals surface area contributed by atoms with Crippen molar-refractivity contribution in [3.63, 3.8) is 0 Å². The number of allylic oxidation sites excluding steroid dienone is 3. The van der Waals surface area contributed by atoms with Gasteiger partial charge in [-0.2, -0.15) is 10.5 Å². The van der Waals surface area contributed by atoms with Gasteiger partial charge < -0.3 is 62.5 Å². The van der Waals surface area contributed by atoms with Gasteiger partial charge in [-0.15, -0.1) is 0 Å². The predicted molar refractivity (Wildman–Crippen MR) is 379 cm³/mol. The molecule has 0 bridgehead atoms. The number of halogens is 4. The van der Waals surface area contributed by atoms with E-state index in [4.69, 9.17) is 28.9 Å². The zero-order chi connectivity index (χ0) is 68.3. The van der Waals surface area contributed by atoms with E-state index in [2.05, 4.69) is 63.7 Å². The highest BCUT2D eigenvalue weighted by atomic mass is 79.9. The third kappa shape index (κ3) is 20.4. The average Bonchev–Trinajstić information content (AvgIpc) is 1.73.